The van der Waals surface area contributed by atoms with Gasteiger partial charge < -0.3 is 10.0 Å². The van der Waals surface area contributed by atoms with Gasteiger partial charge in [0.05, 0.1) is 10.7 Å². The largest absolute Gasteiger partial charge is 0.506 e. The molecule has 30 heavy (non-hydrogen) atoms. The molecule has 0 unspecified atom stereocenters. The van der Waals surface area contributed by atoms with Crippen LogP contribution in [0.5, 0.6) is 5.75 Å². The van der Waals surface area contributed by atoms with Crippen LogP contribution >= 0.6 is 0 Å². The molecule has 1 heterocycles. The minimum atomic E-state index is -4.02. The van der Waals surface area contributed by atoms with E-state index < -0.39 is 15.0 Å². The molecule has 1 aromatic heterocycles. The molecule has 0 atom stereocenters. The fraction of sp³-hybridized carbons (Fsp3) is 0.353. The molecule has 0 fully saturated rings. The van der Waals surface area contributed by atoms with E-state index in [-0.39, 0.29) is 64.7 Å². The van der Waals surface area contributed by atoms with Crippen LogP contribution in [0.2, 0.25) is 0 Å². The van der Waals surface area contributed by atoms with Crippen LogP contribution in [0.3, 0.4) is 0 Å². The van der Waals surface area contributed by atoms with Gasteiger partial charge in [0, 0.05) is 60.5 Å². The molecule has 0 saturated heterocycles. The predicted molar refractivity (Wildman–Crippen MR) is 112 cm³/mol. The molecule has 11 nitrogen and oxygen atoms in total. The zero-order valence-corrected chi connectivity index (χ0v) is 19.5. The number of phenolic OH excluding ortho intramolecular Hbond substituents is 1. The van der Waals surface area contributed by atoms with Gasteiger partial charge in [-0.25, -0.2) is 4.98 Å². The number of nitrogens with zero attached hydrogens (tertiary/aromatic N) is 5. The fourth-order valence-electron chi connectivity index (χ4n) is 2.52. The molecule has 2 rings (SSSR count). The van der Waals surface area contributed by atoms with Crippen molar-refractivity contribution in [3.8, 4) is 5.75 Å². The number of aromatic hydroxyl groups is 1. The van der Waals surface area contributed by atoms with Crippen molar-refractivity contribution in [1.29, 1.82) is 0 Å². The van der Waals surface area contributed by atoms with Gasteiger partial charge in [0.25, 0.3) is 15.8 Å². The van der Waals surface area contributed by atoms with Crippen molar-refractivity contribution < 1.29 is 23.0 Å². The van der Waals surface area contributed by atoms with E-state index in [1.54, 1.807) is 12.1 Å². The Hall–Kier alpha value is -2.12. The Labute approximate surface area is 196 Å². The number of anilines is 1. The van der Waals surface area contributed by atoms with E-state index in [2.05, 4.69) is 15.2 Å². The molecular weight excluding hydrogens is 425 g/mol. The van der Waals surface area contributed by atoms with Gasteiger partial charge in [0.15, 0.2) is 5.82 Å². The van der Waals surface area contributed by atoms with Crippen LogP contribution in [-0.4, -0.2) is 76.4 Å². The van der Waals surface area contributed by atoms with E-state index >= 15 is 0 Å². The number of azo groups is 1. The van der Waals surface area contributed by atoms with Crippen LogP contribution in [-0.2, 0) is 10.1 Å². The number of hydrogen-bond acceptors (Lipinski definition) is 9. The Morgan fingerprint density at radius 2 is 1.93 bits per heavy atom. The van der Waals surface area contributed by atoms with Crippen molar-refractivity contribution in [2.75, 3.05) is 23.7 Å². The third kappa shape index (κ3) is 8.32. The first-order chi connectivity index (χ1) is 13.7. The van der Waals surface area contributed by atoms with E-state index in [1.165, 1.54) is 18.2 Å². The monoisotopic (exact) mass is 446 g/mol. The Balaban J connectivity index is 0.00000450. The standard InChI is InChI=1S/C17H21N5O6S.Na/c1-2-8-21(9-3-10-29(26,27)28)13-4-6-15(16(23)11-13)19-20-17-7-5-14(12-18-17)22(24)25;/h4-7,11-12,23H,2-3,8-10H2,1H3,(H,26,27,28);. The molecule has 1 radical (unpaired) electrons. The normalized spacial score (nSPS) is 11.3. The molecular formula is C17H21N5NaO6S. The van der Waals surface area contributed by atoms with E-state index in [1.807, 2.05) is 11.8 Å². The molecule has 0 aliphatic heterocycles. The van der Waals surface area contributed by atoms with Crippen LogP contribution in [0, 0.1) is 10.1 Å². The topological polar surface area (TPSA) is 159 Å². The summed E-state index contributed by atoms with van der Waals surface area (Å²) in [5, 5.41) is 28.6. The summed E-state index contributed by atoms with van der Waals surface area (Å²) in [6, 6.07) is 7.33. The summed E-state index contributed by atoms with van der Waals surface area (Å²) in [5.41, 5.74) is 0.691. The quantitative estimate of drug-likeness (QED) is 0.185. The first-order valence-electron chi connectivity index (χ1n) is 8.75. The smallest absolute Gasteiger partial charge is 0.287 e. The second-order valence-corrected chi connectivity index (χ2v) is 7.70. The Kier molecular flexibility index (Phi) is 10.3. The van der Waals surface area contributed by atoms with Crippen LogP contribution in [0.25, 0.3) is 0 Å². The molecule has 0 bridgehead atoms. The molecule has 0 aliphatic carbocycles. The maximum absolute atomic E-state index is 10.9. The first kappa shape index (κ1) is 25.9. The minimum absolute atomic E-state index is 0. The summed E-state index contributed by atoms with van der Waals surface area (Å²) in [4.78, 5) is 15.7. The summed E-state index contributed by atoms with van der Waals surface area (Å²) in [7, 11) is -4.02. The predicted octanol–water partition coefficient (Wildman–Crippen LogP) is 3.22. The van der Waals surface area contributed by atoms with E-state index in [9.17, 15) is 23.6 Å². The van der Waals surface area contributed by atoms with E-state index in [0.29, 0.717) is 18.8 Å². The minimum Gasteiger partial charge on any atom is -0.506 e. The average molecular weight is 446 g/mol. The summed E-state index contributed by atoms with van der Waals surface area (Å²) in [6.07, 6.45) is 2.11. The number of aromatic nitrogens is 1. The molecule has 157 valence electrons. The maximum atomic E-state index is 10.9. The van der Waals surface area contributed by atoms with Gasteiger partial charge in [0.1, 0.15) is 17.6 Å². The van der Waals surface area contributed by atoms with Gasteiger partial charge in [-0.2, -0.15) is 8.42 Å². The Bertz CT molecular complexity index is 985. The summed E-state index contributed by atoms with van der Waals surface area (Å²) >= 11 is 0. The number of pyridine rings is 1. The molecule has 0 saturated carbocycles. The van der Waals surface area contributed by atoms with Crippen molar-refractivity contribution in [2.24, 2.45) is 10.2 Å². The molecule has 0 aliphatic rings. The summed E-state index contributed by atoms with van der Waals surface area (Å²) in [6.45, 7) is 2.99. The average Bonchev–Trinajstić information content (AvgIpc) is 2.65. The van der Waals surface area contributed by atoms with E-state index in [4.69, 9.17) is 4.55 Å². The number of nitro groups is 1. The zero-order valence-electron chi connectivity index (χ0n) is 16.7. The van der Waals surface area contributed by atoms with Crippen LogP contribution in [0.1, 0.15) is 19.8 Å². The third-order valence-electron chi connectivity index (χ3n) is 3.85. The third-order valence-corrected chi connectivity index (χ3v) is 4.66. The van der Waals surface area contributed by atoms with Crippen molar-refractivity contribution in [3.05, 3.63) is 46.6 Å². The van der Waals surface area contributed by atoms with Crippen LogP contribution in [0.4, 0.5) is 22.9 Å². The Morgan fingerprint density at radius 1 is 1.20 bits per heavy atom. The SMILES string of the molecule is CCCN(CCCS(=O)(=O)O)c1ccc(N=Nc2ccc([N+](=O)[O-])cn2)c(O)c1.[Na]. The van der Waals surface area contributed by atoms with Gasteiger partial charge in [-0.15, -0.1) is 10.2 Å². The van der Waals surface area contributed by atoms with Gasteiger partial charge in [-0.3, -0.25) is 14.7 Å². The molecule has 0 spiro atoms. The molecule has 2 N–H and O–H groups in total. The Morgan fingerprint density at radius 3 is 2.47 bits per heavy atom. The van der Waals surface area contributed by atoms with Gasteiger partial charge in [0.2, 0.25) is 0 Å². The maximum Gasteiger partial charge on any atom is 0.287 e. The van der Waals surface area contributed by atoms with Crippen LogP contribution in [0.15, 0.2) is 46.8 Å². The van der Waals surface area contributed by atoms with Crippen molar-refractivity contribution >= 4 is 62.6 Å². The molecule has 1 aromatic carbocycles. The summed E-state index contributed by atoms with van der Waals surface area (Å²) < 4.78 is 30.6. The number of hydrogen-bond donors (Lipinski definition) is 2. The second kappa shape index (κ2) is 11.9. The van der Waals surface area contributed by atoms with Crippen molar-refractivity contribution in [2.45, 2.75) is 19.8 Å². The second-order valence-electron chi connectivity index (χ2n) is 6.13. The fourth-order valence-corrected chi connectivity index (χ4v) is 3.02. The molecule has 13 heteroatoms. The molecule has 0 amide bonds. The van der Waals surface area contributed by atoms with Gasteiger partial charge in [-0.1, -0.05) is 6.92 Å². The molecule has 2 aromatic rings. The zero-order chi connectivity index (χ0) is 21.4. The van der Waals surface area contributed by atoms with Crippen molar-refractivity contribution in [1.82, 2.24) is 4.98 Å². The van der Waals surface area contributed by atoms with Crippen molar-refractivity contribution in [3.63, 3.8) is 0 Å². The number of rotatable bonds is 10. The number of benzene rings is 1. The summed E-state index contributed by atoms with van der Waals surface area (Å²) in [5.74, 6) is -0.325. The van der Waals surface area contributed by atoms with Crippen LogP contribution < -0.4 is 4.90 Å². The first-order valence-corrected chi connectivity index (χ1v) is 10.4. The van der Waals surface area contributed by atoms with Gasteiger partial charge in [-0.05, 0) is 31.0 Å². The van der Waals surface area contributed by atoms with E-state index in [0.717, 1.165) is 12.6 Å². The number of phenols is 1. The van der Waals surface area contributed by atoms with Gasteiger partial charge >= 0.3 is 0 Å².